The van der Waals surface area contributed by atoms with Crippen LogP contribution in [0.2, 0.25) is 0 Å². The van der Waals surface area contributed by atoms with E-state index in [0.29, 0.717) is 5.56 Å². The highest BCUT2D eigenvalue weighted by Crippen LogP contribution is 2.01. The number of aryl methyl sites for hydroxylation is 1. The Kier molecular flexibility index (Phi) is 3.85. The number of methoxy groups -OCH3 is 1. The van der Waals surface area contributed by atoms with Crippen molar-refractivity contribution in [2.75, 3.05) is 7.11 Å². The Balaban J connectivity index is 2.55. The van der Waals surface area contributed by atoms with Crippen LogP contribution in [0.4, 0.5) is 4.79 Å². The highest BCUT2D eigenvalue weighted by atomic mass is 32.2. The first-order valence-electron chi connectivity index (χ1n) is 4.29. The van der Waals surface area contributed by atoms with Gasteiger partial charge in [-0.25, -0.2) is 9.52 Å². The van der Waals surface area contributed by atoms with Crippen molar-refractivity contribution in [2.24, 2.45) is 0 Å². The minimum Gasteiger partial charge on any atom is -0.452 e. The third-order valence-electron chi connectivity index (χ3n) is 1.79. The second kappa shape index (κ2) is 4.94. The minimum absolute atomic E-state index is 0.0364. The summed E-state index contributed by atoms with van der Waals surface area (Å²) in [5.74, 6) is 0. The molecule has 0 aliphatic heterocycles. The van der Waals surface area contributed by atoms with Crippen LogP contribution in [0.25, 0.3) is 0 Å². The Hall–Kier alpha value is -1.61. The standard InChI is InChI=1S/C7H12N4O4S/c1-5-6(3-8-10-5)4-9-16(13,14)11-7(12)15-2/h3,9H,4H2,1-2H3,(H,8,10)(H,11,12). The van der Waals surface area contributed by atoms with Crippen LogP contribution in [0.15, 0.2) is 6.20 Å². The molecule has 1 rings (SSSR count). The zero-order chi connectivity index (χ0) is 12.2. The first-order chi connectivity index (χ1) is 7.44. The van der Waals surface area contributed by atoms with Crippen molar-refractivity contribution in [3.8, 4) is 0 Å². The third kappa shape index (κ3) is 3.51. The van der Waals surface area contributed by atoms with Gasteiger partial charge in [0.1, 0.15) is 0 Å². The van der Waals surface area contributed by atoms with Crippen LogP contribution in [0, 0.1) is 6.92 Å². The monoisotopic (exact) mass is 248 g/mol. The summed E-state index contributed by atoms with van der Waals surface area (Å²) in [6, 6.07) is 0. The van der Waals surface area contributed by atoms with Crippen LogP contribution < -0.4 is 9.44 Å². The van der Waals surface area contributed by atoms with Gasteiger partial charge in [0.25, 0.3) is 0 Å². The van der Waals surface area contributed by atoms with Gasteiger partial charge in [-0.15, -0.1) is 0 Å². The molecule has 0 saturated carbocycles. The van der Waals surface area contributed by atoms with Crippen molar-refractivity contribution in [3.05, 3.63) is 17.5 Å². The summed E-state index contributed by atoms with van der Waals surface area (Å²) in [5, 5.41) is 6.39. The smallest absolute Gasteiger partial charge is 0.421 e. The number of aromatic nitrogens is 2. The molecule has 0 fully saturated rings. The Bertz CT molecular complexity index is 466. The van der Waals surface area contributed by atoms with Crippen molar-refractivity contribution in [2.45, 2.75) is 13.5 Å². The van der Waals surface area contributed by atoms with E-state index in [1.54, 1.807) is 11.6 Å². The molecule has 0 bridgehead atoms. The lowest BCUT2D eigenvalue weighted by molar-refractivity contribution is 0.177. The van der Waals surface area contributed by atoms with E-state index in [1.807, 2.05) is 0 Å². The number of nitrogens with zero attached hydrogens (tertiary/aromatic N) is 1. The highest BCUT2D eigenvalue weighted by Gasteiger charge is 2.14. The summed E-state index contributed by atoms with van der Waals surface area (Å²) >= 11 is 0. The molecule has 1 aromatic heterocycles. The zero-order valence-corrected chi connectivity index (χ0v) is 9.59. The molecule has 3 N–H and O–H groups in total. The van der Waals surface area contributed by atoms with E-state index in [2.05, 4.69) is 19.7 Å². The summed E-state index contributed by atoms with van der Waals surface area (Å²) in [5.41, 5.74) is 1.44. The molecular formula is C7H12N4O4S. The number of nitrogens with one attached hydrogen (secondary N) is 3. The quantitative estimate of drug-likeness (QED) is 0.659. The Labute approximate surface area is 92.6 Å². The SMILES string of the molecule is COC(=O)NS(=O)(=O)NCc1cn[nH]c1C. The summed E-state index contributed by atoms with van der Waals surface area (Å²) in [6.45, 7) is 1.79. The lowest BCUT2D eigenvalue weighted by Gasteiger charge is -2.06. The van der Waals surface area contributed by atoms with E-state index in [-0.39, 0.29) is 6.54 Å². The number of ether oxygens (including phenoxy) is 1. The zero-order valence-electron chi connectivity index (χ0n) is 8.77. The van der Waals surface area contributed by atoms with Gasteiger partial charge < -0.3 is 4.74 Å². The van der Waals surface area contributed by atoms with Crippen LogP contribution in [-0.4, -0.2) is 31.8 Å². The van der Waals surface area contributed by atoms with Gasteiger partial charge >= 0.3 is 16.3 Å². The van der Waals surface area contributed by atoms with Crippen molar-refractivity contribution >= 4 is 16.3 Å². The predicted molar refractivity (Wildman–Crippen MR) is 54.6 cm³/mol. The van der Waals surface area contributed by atoms with Crippen LogP contribution >= 0.6 is 0 Å². The fourth-order valence-corrected chi connectivity index (χ4v) is 1.63. The topological polar surface area (TPSA) is 113 Å². The van der Waals surface area contributed by atoms with Gasteiger partial charge in [0.15, 0.2) is 0 Å². The molecule has 0 radical (unpaired) electrons. The van der Waals surface area contributed by atoms with Crippen molar-refractivity contribution < 1.29 is 17.9 Å². The molecule has 0 saturated heterocycles. The molecule has 1 amide bonds. The van der Waals surface area contributed by atoms with E-state index < -0.39 is 16.3 Å². The maximum Gasteiger partial charge on any atom is 0.421 e. The maximum absolute atomic E-state index is 11.3. The van der Waals surface area contributed by atoms with Gasteiger partial charge in [-0.1, -0.05) is 0 Å². The average Bonchev–Trinajstić information content (AvgIpc) is 2.60. The molecule has 0 spiro atoms. The number of carbonyl (C=O) groups excluding carboxylic acids is 1. The van der Waals surface area contributed by atoms with E-state index in [0.717, 1.165) is 12.8 Å². The normalized spacial score (nSPS) is 11.1. The molecule has 0 unspecified atom stereocenters. The Morgan fingerprint density at radius 2 is 2.31 bits per heavy atom. The van der Waals surface area contributed by atoms with E-state index in [9.17, 15) is 13.2 Å². The molecular weight excluding hydrogens is 236 g/mol. The van der Waals surface area contributed by atoms with Crippen LogP contribution in [0.3, 0.4) is 0 Å². The van der Waals surface area contributed by atoms with Crippen molar-refractivity contribution in [3.63, 3.8) is 0 Å². The number of hydrogen-bond donors (Lipinski definition) is 3. The summed E-state index contributed by atoms with van der Waals surface area (Å²) in [4.78, 5) is 10.7. The second-order valence-electron chi connectivity index (χ2n) is 2.94. The third-order valence-corrected chi connectivity index (χ3v) is 2.75. The van der Waals surface area contributed by atoms with Gasteiger partial charge in [0.05, 0.1) is 13.3 Å². The van der Waals surface area contributed by atoms with E-state index in [1.165, 1.54) is 6.20 Å². The molecule has 1 aromatic rings. The number of carbonyl (C=O) groups is 1. The maximum atomic E-state index is 11.3. The molecule has 0 aliphatic carbocycles. The van der Waals surface area contributed by atoms with Crippen molar-refractivity contribution in [1.82, 2.24) is 19.6 Å². The molecule has 90 valence electrons. The van der Waals surface area contributed by atoms with E-state index >= 15 is 0 Å². The highest BCUT2D eigenvalue weighted by molar-refractivity contribution is 7.88. The van der Waals surface area contributed by atoms with Gasteiger partial charge in [-0.05, 0) is 6.92 Å². The predicted octanol–water partition coefficient (Wildman–Crippen LogP) is -0.591. The molecule has 0 aliphatic rings. The fourth-order valence-electron chi connectivity index (χ4n) is 0.914. The van der Waals surface area contributed by atoms with Crippen LogP contribution in [-0.2, 0) is 21.5 Å². The number of H-pyrrole nitrogens is 1. The molecule has 0 atom stereocenters. The fraction of sp³-hybridized carbons (Fsp3) is 0.429. The van der Waals surface area contributed by atoms with Gasteiger partial charge in [-0.2, -0.15) is 18.2 Å². The van der Waals surface area contributed by atoms with Gasteiger partial charge in [-0.3, -0.25) is 5.10 Å². The number of amides is 1. The Morgan fingerprint density at radius 3 is 2.81 bits per heavy atom. The van der Waals surface area contributed by atoms with Gasteiger partial charge in [0.2, 0.25) is 0 Å². The van der Waals surface area contributed by atoms with Crippen LogP contribution in [0.1, 0.15) is 11.3 Å². The lowest BCUT2D eigenvalue weighted by atomic mass is 10.3. The largest absolute Gasteiger partial charge is 0.452 e. The van der Waals surface area contributed by atoms with Gasteiger partial charge in [0, 0.05) is 17.8 Å². The second-order valence-corrected chi connectivity index (χ2v) is 4.44. The molecule has 9 heteroatoms. The average molecular weight is 248 g/mol. The minimum atomic E-state index is -3.90. The van der Waals surface area contributed by atoms with Crippen LogP contribution in [0.5, 0.6) is 0 Å². The molecule has 0 aromatic carbocycles. The first-order valence-corrected chi connectivity index (χ1v) is 5.77. The first kappa shape index (κ1) is 12.5. The van der Waals surface area contributed by atoms with E-state index in [4.69, 9.17) is 0 Å². The lowest BCUT2D eigenvalue weighted by Crippen LogP contribution is -2.39. The number of hydrogen-bond acceptors (Lipinski definition) is 5. The number of rotatable bonds is 4. The summed E-state index contributed by atoms with van der Waals surface area (Å²) < 4.78 is 30.5. The Morgan fingerprint density at radius 1 is 1.62 bits per heavy atom. The molecule has 16 heavy (non-hydrogen) atoms. The molecule has 8 nitrogen and oxygen atoms in total. The summed E-state index contributed by atoms with van der Waals surface area (Å²) in [6.07, 6.45) is 0.451. The number of aromatic amines is 1. The van der Waals surface area contributed by atoms with Crippen molar-refractivity contribution in [1.29, 1.82) is 0 Å². The molecule has 1 heterocycles. The summed E-state index contributed by atoms with van der Waals surface area (Å²) in [7, 11) is -2.83.